The number of amides is 2. The topological polar surface area (TPSA) is 146 Å². The smallest absolute Gasteiger partial charge is 0.256 e. The summed E-state index contributed by atoms with van der Waals surface area (Å²) in [6.45, 7) is 2.32. The molecule has 2 aliphatic rings. The number of hydrogen-bond acceptors (Lipinski definition) is 11. The van der Waals surface area contributed by atoms with Gasteiger partial charge in [-0.05, 0) is 61.7 Å². The van der Waals surface area contributed by atoms with E-state index in [2.05, 4.69) is 20.6 Å². The summed E-state index contributed by atoms with van der Waals surface area (Å²) in [5.41, 5.74) is 4.50. The van der Waals surface area contributed by atoms with Gasteiger partial charge in [0.2, 0.25) is 17.6 Å². The molecule has 4 aromatic rings. The summed E-state index contributed by atoms with van der Waals surface area (Å²) in [7, 11) is 6.16. The molecule has 2 atom stereocenters. The van der Waals surface area contributed by atoms with Crippen molar-refractivity contribution in [2.24, 2.45) is 4.99 Å². The largest absolute Gasteiger partial charge is 0.493 e. The van der Waals surface area contributed by atoms with Crippen LogP contribution in [0.5, 0.6) is 28.7 Å². The number of nitrogens with one attached hydrogen (secondary N) is 2. The molecule has 0 unspecified atom stereocenters. The fourth-order valence-corrected chi connectivity index (χ4v) is 6.16. The number of halogens is 1. The summed E-state index contributed by atoms with van der Waals surface area (Å²) >= 11 is 0. The van der Waals surface area contributed by atoms with Crippen molar-refractivity contribution in [2.45, 2.75) is 44.8 Å². The summed E-state index contributed by atoms with van der Waals surface area (Å²) in [6, 6.07) is 13.9. The lowest BCUT2D eigenvalue weighted by atomic mass is 10.1. The predicted molar refractivity (Wildman–Crippen MR) is 195 cm³/mol. The Morgan fingerprint density at radius 3 is 2.44 bits per heavy atom. The van der Waals surface area contributed by atoms with Crippen LogP contribution < -0.4 is 34.3 Å². The highest BCUT2D eigenvalue weighted by Gasteiger charge is 2.37. The number of alkyl halides is 1. The Hall–Kier alpha value is -5.92. The predicted octanol–water partition coefficient (Wildman–Crippen LogP) is 6.69. The number of nitrogens with zero attached hydrogens (tertiary/aromatic N) is 4. The Morgan fingerprint density at radius 2 is 1.71 bits per heavy atom. The zero-order valence-electron chi connectivity index (χ0n) is 29.7. The van der Waals surface area contributed by atoms with Gasteiger partial charge in [-0.2, -0.15) is 0 Å². The van der Waals surface area contributed by atoms with Crippen molar-refractivity contribution in [1.82, 2.24) is 14.9 Å². The van der Waals surface area contributed by atoms with Gasteiger partial charge in [0.05, 0.1) is 64.6 Å². The first-order valence-corrected chi connectivity index (χ1v) is 16.9. The van der Waals surface area contributed by atoms with Crippen molar-refractivity contribution in [3.63, 3.8) is 0 Å². The number of rotatable bonds is 14. The quantitative estimate of drug-likeness (QED) is 0.136. The number of aromatic nitrogens is 2. The highest BCUT2D eigenvalue weighted by molar-refractivity contribution is 6.03. The second kappa shape index (κ2) is 16.0. The molecule has 52 heavy (non-hydrogen) atoms. The lowest BCUT2D eigenvalue weighted by molar-refractivity contribution is -0.116. The third-order valence-corrected chi connectivity index (χ3v) is 8.89. The molecule has 0 bridgehead atoms. The molecule has 6 rings (SSSR count). The molecule has 272 valence electrons. The Morgan fingerprint density at radius 1 is 0.942 bits per heavy atom. The number of benzene rings is 3. The highest BCUT2D eigenvalue weighted by atomic mass is 19.1. The average molecular weight is 713 g/mol. The van der Waals surface area contributed by atoms with Crippen LogP contribution in [0.25, 0.3) is 11.3 Å². The SMILES string of the molecule is COc1cc2c(cc1OCCCCC(=O)Nc1ccc(C)c(Nc3nccc(-c4cc(OC)c(OC)c(OC)c4)n3)c1)N=C[C@@H]1C[C@H](F)CN1C2=O. The fraction of sp³-hybridized carbons (Fsp3) is 0.342. The lowest BCUT2D eigenvalue weighted by Gasteiger charge is -2.20. The molecule has 3 heterocycles. The summed E-state index contributed by atoms with van der Waals surface area (Å²) in [4.78, 5) is 41.0. The number of hydrogen-bond donors (Lipinski definition) is 2. The molecule has 3 aromatic carbocycles. The van der Waals surface area contributed by atoms with E-state index in [0.29, 0.717) is 76.8 Å². The standard InChI is InChI=1S/C38H41FN6O7/c1-22-9-10-25(17-29(22)44-38-40-12-11-28(43-38)23-14-33(49-3)36(51-5)34(15-23)50-4)42-35(46)8-6-7-13-52-32-19-30-27(18-31(32)48-2)37(47)45-21-24(39)16-26(45)20-41-30/h9-12,14-15,17-20,24,26H,6-8,13,16,21H2,1-5H3,(H,42,46)(H,40,43,44)/t24-,26-/m0/s1. The van der Waals surface area contributed by atoms with Crippen LogP contribution in [0.4, 0.5) is 27.4 Å². The Balaban J connectivity index is 1.03. The maximum absolute atomic E-state index is 13.9. The molecule has 2 N–H and O–H groups in total. The van der Waals surface area contributed by atoms with Crippen LogP contribution in [0.1, 0.15) is 41.6 Å². The average Bonchev–Trinajstić information content (AvgIpc) is 3.48. The van der Waals surface area contributed by atoms with Crippen LogP contribution in [-0.4, -0.2) is 86.7 Å². The fourth-order valence-electron chi connectivity index (χ4n) is 6.16. The minimum absolute atomic E-state index is 0.0494. The van der Waals surface area contributed by atoms with Crippen LogP contribution >= 0.6 is 0 Å². The van der Waals surface area contributed by atoms with Crippen molar-refractivity contribution in [2.75, 3.05) is 52.2 Å². The number of fused-ring (bicyclic) bond motifs is 2. The van der Waals surface area contributed by atoms with Crippen LogP contribution in [0.15, 0.2) is 59.7 Å². The van der Waals surface area contributed by atoms with E-state index in [1.165, 1.54) is 12.0 Å². The van der Waals surface area contributed by atoms with Gasteiger partial charge in [0.15, 0.2) is 23.0 Å². The third kappa shape index (κ3) is 7.85. The molecule has 1 aromatic heterocycles. The molecule has 1 fully saturated rings. The highest BCUT2D eigenvalue weighted by Crippen LogP contribution is 2.41. The number of anilines is 3. The van der Waals surface area contributed by atoms with E-state index >= 15 is 0 Å². The van der Waals surface area contributed by atoms with Gasteiger partial charge in [-0.3, -0.25) is 14.6 Å². The van der Waals surface area contributed by atoms with Crippen molar-refractivity contribution < 1.29 is 37.7 Å². The molecule has 13 nitrogen and oxygen atoms in total. The first-order chi connectivity index (χ1) is 25.2. The second-order valence-corrected chi connectivity index (χ2v) is 12.3. The van der Waals surface area contributed by atoms with Crippen molar-refractivity contribution in [1.29, 1.82) is 0 Å². The van der Waals surface area contributed by atoms with Gasteiger partial charge in [-0.1, -0.05) is 6.07 Å². The first-order valence-electron chi connectivity index (χ1n) is 16.9. The monoisotopic (exact) mass is 712 g/mol. The third-order valence-electron chi connectivity index (χ3n) is 8.89. The zero-order valence-corrected chi connectivity index (χ0v) is 29.7. The van der Waals surface area contributed by atoms with Gasteiger partial charge >= 0.3 is 0 Å². The summed E-state index contributed by atoms with van der Waals surface area (Å²) in [5.74, 6) is 2.30. The van der Waals surface area contributed by atoms with E-state index in [1.54, 1.807) is 51.9 Å². The van der Waals surface area contributed by atoms with E-state index in [0.717, 1.165) is 16.8 Å². The van der Waals surface area contributed by atoms with E-state index in [9.17, 15) is 14.0 Å². The minimum atomic E-state index is -1.06. The maximum Gasteiger partial charge on any atom is 0.256 e. The number of carbonyl (C=O) groups excluding carboxylic acids is 2. The Labute approximate surface area is 301 Å². The second-order valence-electron chi connectivity index (χ2n) is 12.3. The number of ether oxygens (including phenoxy) is 5. The van der Waals surface area contributed by atoms with Gasteiger partial charge in [-0.25, -0.2) is 14.4 Å². The molecular weight excluding hydrogens is 671 g/mol. The molecule has 2 aliphatic heterocycles. The molecule has 14 heteroatoms. The number of aryl methyl sites for hydroxylation is 1. The van der Waals surface area contributed by atoms with E-state index < -0.39 is 6.17 Å². The van der Waals surface area contributed by atoms with Gasteiger partial charge in [0.1, 0.15) is 6.17 Å². The number of methoxy groups -OCH3 is 4. The van der Waals surface area contributed by atoms with Crippen LogP contribution in [-0.2, 0) is 4.79 Å². The summed E-state index contributed by atoms with van der Waals surface area (Å²) in [5, 5.41) is 6.23. The van der Waals surface area contributed by atoms with Crippen molar-refractivity contribution in [3.05, 3.63) is 65.9 Å². The van der Waals surface area contributed by atoms with Crippen LogP contribution in [0.2, 0.25) is 0 Å². The molecule has 1 saturated heterocycles. The van der Waals surface area contributed by atoms with E-state index in [1.807, 2.05) is 37.3 Å². The Kier molecular flexibility index (Phi) is 11.0. The first kappa shape index (κ1) is 35.9. The minimum Gasteiger partial charge on any atom is -0.493 e. The molecule has 2 amide bonds. The van der Waals surface area contributed by atoms with Gasteiger partial charge in [0, 0.05) is 48.3 Å². The van der Waals surface area contributed by atoms with Gasteiger partial charge in [0.25, 0.3) is 5.91 Å². The van der Waals surface area contributed by atoms with Crippen LogP contribution in [0.3, 0.4) is 0 Å². The van der Waals surface area contributed by atoms with Gasteiger partial charge < -0.3 is 39.2 Å². The molecule has 0 aliphatic carbocycles. The van der Waals surface area contributed by atoms with E-state index in [-0.39, 0.29) is 37.2 Å². The number of unbranched alkanes of at least 4 members (excludes halogenated alkanes) is 1. The lowest BCUT2D eigenvalue weighted by Crippen LogP contribution is -2.35. The summed E-state index contributed by atoms with van der Waals surface area (Å²) in [6.07, 6.45) is 3.92. The molecule has 0 spiro atoms. The molecular formula is C38H41FN6O7. The number of aliphatic imine (C=N–C) groups is 1. The molecule has 0 radical (unpaired) electrons. The van der Waals surface area contributed by atoms with Crippen molar-refractivity contribution >= 4 is 41.0 Å². The Bertz CT molecular complexity index is 1960. The maximum atomic E-state index is 13.9. The molecule has 0 saturated carbocycles. The van der Waals surface area contributed by atoms with Gasteiger partial charge in [-0.15, -0.1) is 0 Å². The normalized spacial score (nSPS) is 16.0. The zero-order chi connectivity index (χ0) is 36.8. The van der Waals surface area contributed by atoms with Crippen molar-refractivity contribution in [3.8, 4) is 40.0 Å². The van der Waals surface area contributed by atoms with Crippen LogP contribution in [0, 0.1) is 6.92 Å². The number of carbonyl (C=O) groups is 2. The summed E-state index contributed by atoms with van der Waals surface area (Å²) < 4.78 is 41.8. The van der Waals surface area contributed by atoms with E-state index in [4.69, 9.17) is 28.7 Å².